The number of nitrogens with one attached hydrogen (secondary N) is 1. The van der Waals surface area contributed by atoms with Crippen LogP contribution in [0.2, 0.25) is 0 Å². The zero-order valence-corrected chi connectivity index (χ0v) is 19.1. The monoisotopic (exact) mass is 424 g/mol. The Bertz CT molecular complexity index is 1040. The molecule has 31 heavy (non-hydrogen) atoms. The zero-order chi connectivity index (χ0) is 22.4. The highest BCUT2D eigenvalue weighted by Crippen LogP contribution is 2.28. The van der Waals surface area contributed by atoms with Crippen molar-refractivity contribution in [3.05, 3.63) is 41.6 Å². The Hall–Kier alpha value is -3.09. The van der Waals surface area contributed by atoms with E-state index in [1.807, 2.05) is 38.1 Å². The zero-order valence-electron chi connectivity index (χ0n) is 19.1. The Balaban J connectivity index is 1.83. The molecule has 7 heteroatoms. The maximum absolute atomic E-state index is 12.5. The Labute approximate surface area is 183 Å². The van der Waals surface area contributed by atoms with Gasteiger partial charge in [0.2, 0.25) is 0 Å². The summed E-state index contributed by atoms with van der Waals surface area (Å²) in [4.78, 5) is 17.2. The van der Waals surface area contributed by atoms with Gasteiger partial charge < -0.3 is 9.47 Å². The molecule has 0 aliphatic heterocycles. The fraction of sp³-hybridized carbons (Fsp3) is 0.458. The smallest absolute Gasteiger partial charge is 0.412 e. The van der Waals surface area contributed by atoms with Gasteiger partial charge in [-0.25, -0.2) is 9.78 Å². The Morgan fingerprint density at radius 1 is 1.23 bits per heavy atom. The predicted molar refractivity (Wildman–Crippen MR) is 123 cm³/mol. The minimum absolute atomic E-state index is 0.384. The highest BCUT2D eigenvalue weighted by Gasteiger charge is 2.16. The van der Waals surface area contributed by atoms with E-state index in [2.05, 4.69) is 24.3 Å². The second kappa shape index (κ2) is 10.3. The minimum Gasteiger partial charge on any atom is -0.494 e. The quantitative estimate of drug-likeness (QED) is 0.469. The highest BCUT2D eigenvalue weighted by molar-refractivity contribution is 5.88. The standard InChI is InChI=1S/C24H32N4O3/c1-6-8-10-18(7-2)15-31-24(29)26-22-14-17(4)27-28(22)21-13-16(3)19-11-9-12-20(30-5)23(19)25-21/h9,11-14,18H,6-8,10,15H2,1-5H3,(H,26,29). The summed E-state index contributed by atoms with van der Waals surface area (Å²) < 4.78 is 12.6. The van der Waals surface area contributed by atoms with Crippen LogP contribution in [-0.4, -0.2) is 34.6 Å². The van der Waals surface area contributed by atoms with Gasteiger partial charge in [-0.15, -0.1) is 0 Å². The number of hydrogen-bond donors (Lipinski definition) is 1. The van der Waals surface area contributed by atoms with E-state index in [4.69, 9.17) is 14.5 Å². The number of carbonyl (C=O) groups is 1. The highest BCUT2D eigenvalue weighted by atomic mass is 16.5. The Kier molecular flexibility index (Phi) is 7.50. The van der Waals surface area contributed by atoms with Gasteiger partial charge >= 0.3 is 6.09 Å². The van der Waals surface area contributed by atoms with Crippen molar-refractivity contribution in [2.75, 3.05) is 19.0 Å². The summed E-state index contributed by atoms with van der Waals surface area (Å²) in [5.74, 6) is 2.20. The van der Waals surface area contributed by atoms with E-state index in [1.165, 1.54) is 0 Å². The summed E-state index contributed by atoms with van der Waals surface area (Å²) in [5.41, 5.74) is 2.56. The number of carbonyl (C=O) groups excluding carboxylic acids is 1. The third-order valence-electron chi connectivity index (χ3n) is 5.49. The number of rotatable bonds is 9. The molecule has 0 bridgehead atoms. The van der Waals surface area contributed by atoms with Crippen LogP contribution in [0.25, 0.3) is 16.7 Å². The predicted octanol–water partition coefficient (Wildman–Crippen LogP) is 5.81. The lowest BCUT2D eigenvalue weighted by Crippen LogP contribution is -2.20. The summed E-state index contributed by atoms with van der Waals surface area (Å²) in [5, 5.41) is 8.37. The molecule has 2 aromatic heterocycles. The van der Waals surface area contributed by atoms with Gasteiger partial charge in [-0.1, -0.05) is 45.2 Å². The van der Waals surface area contributed by atoms with E-state index in [1.54, 1.807) is 17.9 Å². The number of para-hydroxylation sites is 1. The molecule has 0 fully saturated rings. The molecule has 7 nitrogen and oxygen atoms in total. The van der Waals surface area contributed by atoms with Crippen molar-refractivity contribution in [3.8, 4) is 11.6 Å². The van der Waals surface area contributed by atoms with E-state index < -0.39 is 6.09 Å². The fourth-order valence-electron chi connectivity index (χ4n) is 3.64. The van der Waals surface area contributed by atoms with Gasteiger partial charge in [0.05, 0.1) is 19.4 Å². The van der Waals surface area contributed by atoms with Gasteiger partial charge in [-0.05, 0) is 43.9 Å². The van der Waals surface area contributed by atoms with Crippen LogP contribution in [0.15, 0.2) is 30.3 Å². The molecule has 1 amide bonds. The van der Waals surface area contributed by atoms with Crippen LogP contribution in [0.5, 0.6) is 5.75 Å². The first kappa shape index (κ1) is 22.6. The third kappa shape index (κ3) is 5.34. The third-order valence-corrected chi connectivity index (χ3v) is 5.49. The summed E-state index contributed by atoms with van der Waals surface area (Å²) in [6, 6.07) is 9.59. The van der Waals surface area contributed by atoms with Crippen molar-refractivity contribution in [3.63, 3.8) is 0 Å². The van der Waals surface area contributed by atoms with Crippen LogP contribution in [0.1, 0.15) is 50.8 Å². The van der Waals surface area contributed by atoms with Gasteiger partial charge in [0.1, 0.15) is 17.1 Å². The first-order chi connectivity index (χ1) is 15.0. The van der Waals surface area contributed by atoms with Crippen molar-refractivity contribution in [1.29, 1.82) is 0 Å². The Morgan fingerprint density at radius 2 is 2.03 bits per heavy atom. The molecule has 1 atom stereocenters. The summed E-state index contributed by atoms with van der Waals surface area (Å²) >= 11 is 0. The van der Waals surface area contributed by atoms with Crippen molar-refractivity contribution >= 4 is 22.8 Å². The van der Waals surface area contributed by atoms with Crippen molar-refractivity contribution in [2.24, 2.45) is 5.92 Å². The van der Waals surface area contributed by atoms with E-state index >= 15 is 0 Å². The van der Waals surface area contributed by atoms with Gasteiger partial charge in [0.15, 0.2) is 5.82 Å². The van der Waals surface area contributed by atoms with E-state index in [-0.39, 0.29) is 0 Å². The van der Waals surface area contributed by atoms with Gasteiger partial charge in [0.25, 0.3) is 0 Å². The van der Waals surface area contributed by atoms with Crippen LogP contribution in [0.4, 0.5) is 10.6 Å². The van der Waals surface area contributed by atoms with Gasteiger partial charge in [-0.3, -0.25) is 5.32 Å². The number of unbranched alkanes of at least 4 members (excludes halogenated alkanes) is 1. The van der Waals surface area contributed by atoms with Crippen LogP contribution in [0.3, 0.4) is 0 Å². The fourth-order valence-corrected chi connectivity index (χ4v) is 3.64. The molecule has 166 valence electrons. The second-order valence-electron chi connectivity index (χ2n) is 7.88. The first-order valence-electron chi connectivity index (χ1n) is 10.9. The molecule has 3 rings (SSSR count). The molecule has 0 spiro atoms. The van der Waals surface area contributed by atoms with Crippen LogP contribution >= 0.6 is 0 Å². The molecule has 1 unspecified atom stereocenters. The molecule has 2 heterocycles. The number of anilines is 1. The van der Waals surface area contributed by atoms with Crippen molar-refractivity contribution < 1.29 is 14.3 Å². The van der Waals surface area contributed by atoms with Crippen LogP contribution in [-0.2, 0) is 4.74 Å². The van der Waals surface area contributed by atoms with Gasteiger partial charge in [-0.2, -0.15) is 9.78 Å². The van der Waals surface area contributed by atoms with Crippen molar-refractivity contribution in [1.82, 2.24) is 14.8 Å². The minimum atomic E-state index is -0.480. The topological polar surface area (TPSA) is 78.3 Å². The number of fused-ring (bicyclic) bond motifs is 1. The number of hydrogen-bond acceptors (Lipinski definition) is 5. The lowest BCUT2D eigenvalue weighted by molar-refractivity contribution is 0.136. The lowest BCUT2D eigenvalue weighted by atomic mass is 10.0. The van der Waals surface area contributed by atoms with E-state index in [0.29, 0.717) is 29.9 Å². The molecule has 1 aromatic carbocycles. The number of ether oxygens (including phenoxy) is 2. The molecule has 3 aromatic rings. The van der Waals surface area contributed by atoms with E-state index in [9.17, 15) is 4.79 Å². The number of amides is 1. The van der Waals surface area contributed by atoms with E-state index in [0.717, 1.165) is 47.8 Å². The number of aryl methyl sites for hydroxylation is 2. The van der Waals surface area contributed by atoms with Crippen LogP contribution < -0.4 is 10.1 Å². The second-order valence-corrected chi connectivity index (χ2v) is 7.88. The number of benzene rings is 1. The van der Waals surface area contributed by atoms with Crippen LogP contribution in [0, 0.1) is 19.8 Å². The largest absolute Gasteiger partial charge is 0.494 e. The number of aromatic nitrogens is 3. The molecule has 0 radical (unpaired) electrons. The Morgan fingerprint density at radius 3 is 2.74 bits per heavy atom. The molecular weight excluding hydrogens is 392 g/mol. The number of pyridine rings is 1. The molecule has 1 N–H and O–H groups in total. The number of nitrogens with zero attached hydrogens (tertiary/aromatic N) is 3. The molecule has 0 saturated carbocycles. The summed E-state index contributed by atoms with van der Waals surface area (Å²) in [7, 11) is 1.63. The first-order valence-corrected chi connectivity index (χ1v) is 10.9. The maximum atomic E-state index is 12.5. The average molecular weight is 425 g/mol. The lowest BCUT2D eigenvalue weighted by Gasteiger charge is -2.15. The maximum Gasteiger partial charge on any atom is 0.412 e. The summed E-state index contributed by atoms with van der Waals surface area (Å²) in [6.45, 7) is 8.61. The molecule has 0 saturated heterocycles. The van der Waals surface area contributed by atoms with Crippen molar-refractivity contribution in [2.45, 2.75) is 53.4 Å². The normalized spacial score (nSPS) is 12.0. The molecular formula is C24H32N4O3. The SMILES string of the molecule is CCCCC(CC)COC(=O)Nc1cc(C)nn1-c1cc(C)c2cccc(OC)c2n1. The number of methoxy groups -OCH3 is 1. The summed E-state index contributed by atoms with van der Waals surface area (Å²) in [6.07, 6.45) is 3.87. The average Bonchev–Trinajstić information content (AvgIpc) is 3.13. The molecule has 0 aliphatic rings. The van der Waals surface area contributed by atoms with Gasteiger partial charge in [0, 0.05) is 11.5 Å². The molecule has 0 aliphatic carbocycles.